The molecule has 4 rings (SSSR count). The van der Waals surface area contributed by atoms with Crippen LogP contribution in [0.5, 0.6) is 5.75 Å². The van der Waals surface area contributed by atoms with E-state index in [0.29, 0.717) is 19.6 Å². The van der Waals surface area contributed by atoms with Gasteiger partial charge in [0.05, 0.1) is 12.8 Å². The molecular formula is C24H31N5O4. The van der Waals surface area contributed by atoms with Gasteiger partial charge in [-0.2, -0.15) is 0 Å². The minimum atomic E-state index is -0.114. The van der Waals surface area contributed by atoms with Gasteiger partial charge in [-0.1, -0.05) is 0 Å². The van der Waals surface area contributed by atoms with Gasteiger partial charge in [0.1, 0.15) is 18.9 Å². The van der Waals surface area contributed by atoms with E-state index >= 15 is 0 Å². The quantitative estimate of drug-likeness (QED) is 0.603. The van der Waals surface area contributed by atoms with Crippen LogP contribution >= 0.6 is 0 Å². The Kier molecular flexibility index (Phi) is 7.39. The summed E-state index contributed by atoms with van der Waals surface area (Å²) >= 11 is 0. The number of anilines is 1. The maximum atomic E-state index is 12.9. The van der Waals surface area contributed by atoms with Crippen molar-refractivity contribution in [3.63, 3.8) is 0 Å². The summed E-state index contributed by atoms with van der Waals surface area (Å²) < 4.78 is 10.2. The van der Waals surface area contributed by atoms with Crippen LogP contribution in [0.25, 0.3) is 11.3 Å². The molecule has 0 unspecified atom stereocenters. The van der Waals surface area contributed by atoms with Crippen molar-refractivity contribution in [2.45, 2.75) is 25.3 Å². The molecule has 2 fully saturated rings. The summed E-state index contributed by atoms with van der Waals surface area (Å²) in [6.45, 7) is 2.89. The van der Waals surface area contributed by atoms with Gasteiger partial charge in [0.15, 0.2) is 5.82 Å². The molecule has 9 nitrogen and oxygen atoms in total. The van der Waals surface area contributed by atoms with E-state index in [1.165, 1.54) is 7.11 Å². The zero-order valence-corrected chi connectivity index (χ0v) is 19.3. The molecule has 1 aromatic heterocycles. The van der Waals surface area contributed by atoms with Crippen molar-refractivity contribution in [1.29, 1.82) is 0 Å². The van der Waals surface area contributed by atoms with Gasteiger partial charge >= 0.3 is 0 Å². The first-order chi connectivity index (χ1) is 16.1. The van der Waals surface area contributed by atoms with E-state index in [4.69, 9.17) is 9.47 Å². The number of benzene rings is 1. The minimum Gasteiger partial charge on any atom is -0.497 e. The molecule has 0 bridgehead atoms. The Hall–Kier alpha value is -3.20. The molecule has 1 aliphatic carbocycles. The number of nitrogens with zero attached hydrogens (tertiary/aromatic N) is 5. The summed E-state index contributed by atoms with van der Waals surface area (Å²) in [6.07, 6.45) is 2.76. The zero-order valence-electron chi connectivity index (χ0n) is 19.3. The van der Waals surface area contributed by atoms with Crippen LogP contribution < -0.4 is 9.64 Å². The maximum Gasteiger partial charge on any atom is 0.249 e. The van der Waals surface area contributed by atoms with Crippen molar-refractivity contribution < 1.29 is 19.1 Å². The van der Waals surface area contributed by atoms with Gasteiger partial charge in [0, 0.05) is 44.9 Å². The van der Waals surface area contributed by atoms with E-state index in [1.54, 1.807) is 12.0 Å². The second kappa shape index (κ2) is 10.6. The molecule has 2 aliphatic rings. The lowest BCUT2D eigenvalue weighted by Gasteiger charge is -2.27. The Balaban J connectivity index is 1.34. The highest BCUT2D eigenvalue weighted by molar-refractivity contribution is 5.86. The molecule has 176 valence electrons. The number of carbonyl (C=O) groups is 2. The fourth-order valence-electron chi connectivity index (χ4n) is 4.06. The zero-order chi connectivity index (χ0) is 23.2. The van der Waals surface area contributed by atoms with E-state index in [1.807, 2.05) is 41.3 Å². The SMILES string of the molecule is COCC(=O)N(CC(=O)N1CCCN(c2ccc(-c3ccc(OC)cc3)nn2)CC1)C1CC1. The van der Waals surface area contributed by atoms with Crippen LogP contribution in [-0.4, -0.2) is 91.4 Å². The first-order valence-electron chi connectivity index (χ1n) is 11.4. The molecule has 2 heterocycles. The van der Waals surface area contributed by atoms with Crippen LogP contribution in [0.2, 0.25) is 0 Å². The van der Waals surface area contributed by atoms with Crippen LogP contribution in [-0.2, 0) is 14.3 Å². The van der Waals surface area contributed by atoms with E-state index in [2.05, 4.69) is 15.1 Å². The lowest BCUT2D eigenvalue weighted by Crippen LogP contribution is -2.46. The second-order valence-electron chi connectivity index (χ2n) is 8.41. The number of carbonyl (C=O) groups excluding carboxylic acids is 2. The summed E-state index contributed by atoms with van der Waals surface area (Å²) in [5.41, 5.74) is 1.78. The van der Waals surface area contributed by atoms with Crippen molar-refractivity contribution in [3.8, 4) is 17.0 Å². The van der Waals surface area contributed by atoms with E-state index < -0.39 is 0 Å². The summed E-state index contributed by atoms with van der Waals surface area (Å²) in [6, 6.07) is 11.8. The molecule has 9 heteroatoms. The average molecular weight is 454 g/mol. The Morgan fingerprint density at radius 1 is 1.00 bits per heavy atom. The molecule has 1 saturated heterocycles. The molecule has 0 radical (unpaired) electrons. The van der Waals surface area contributed by atoms with Crippen LogP contribution in [0.1, 0.15) is 19.3 Å². The van der Waals surface area contributed by atoms with E-state index in [9.17, 15) is 9.59 Å². The predicted octanol–water partition coefficient (Wildman–Crippen LogP) is 1.83. The molecule has 1 aromatic carbocycles. The third kappa shape index (κ3) is 5.78. The Labute approximate surface area is 194 Å². The summed E-state index contributed by atoms with van der Waals surface area (Å²) in [4.78, 5) is 30.9. The summed E-state index contributed by atoms with van der Waals surface area (Å²) in [5, 5.41) is 8.83. The Morgan fingerprint density at radius 3 is 2.42 bits per heavy atom. The molecule has 2 amide bonds. The van der Waals surface area contributed by atoms with Gasteiger partial charge in [0.25, 0.3) is 0 Å². The van der Waals surface area contributed by atoms with Gasteiger partial charge in [0.2, 0.25) is 11.8 Å². The number of amides is 2. The number of aromatic nitrogens is 2. The minimum absolute atomic E-state index is 0.00543. The van der Waals surface area contributed by atoms with Crippen LogP contribution in [0.15, 0.2) is 36.4 Å². The molecular weight excluding hydrogens is 422 g/mol. The molecule has 0 atom stereocenters. The lowest BCUT2D eigenvalue weighted by molar-refractivity contribution is -0.143. The fourth-order valence-corrected chi connectivity index (χ4v) is 4.06. The number of methoxy groups -OCH3 is 2. The molecule has 0 N–H and O–H groups in total. The van der Waals surface area contributed by atoms with Crippen molar-refractivity contribution in [2.24, 2.45) is 0 Å². The lowest BCUT2D eigenvalue weighted by atomic mass is 10.1. The normalized spacial score (nSPS) is 16.3. The molecule has 33 heavy (non-hydrogen) atoms. The topological polar surface area (TPSA) is 88.1 Å². The van der Waals surface area contributed by atoms with Crippen molar-refractivity contribution in [2.75, 3.05) is 58.5 Å². The third-order valence-corrected chi connectivity index (χ3v) is 6.09. The van der Waals surface area contributed by atoms with E-state index in [-0.39, 0.29) is 31.0 Å². The highest BCUT2D eigenvalue weighted by Gasteiger charge is 2.34. The predicted molar refractivity (Wildman–Crippen MR) is 124 cm³/mol. The van der Waals surface area contributed by atoms with Crippen molar-refractivity contribution in [3.05, 3.63) is 36.4 Å². The largest absolute Gasteiger partial charge is 0.497 e. The van der Waals surface area contributed by atoms with Gasteiger partial charge < -0.3 is 24.2 Å². The first-order valence-corrected chi connectivity index (χ1v) is 11.4. The monoisotopic (exact) mass is 453 g/mol. The third-order valence-electron chi connectivity index (χ3n) is 6.09. The molecule has 2 aromatic rings. The second-order valence-corrected chi connectivity index (χ2v) is 8.41. The van der Waals surface area contributed by atoms with Crippen LogP contribution in [0, 0.1) is 0 Å². The molecule has 1 aliphatic heterocycles. The summed E-state index contributed by atoms with van der Waals surface area (Å²) in [7, 11) is 3.14. The van der Waals surface area contributed by atoms with Crippen molar-refractivity contribution >= 4 is 17.6 Å². The van der Waals surface area contributed by atoms with Gasteiger partial charge in [-0.15, -0.1) is 10.2 Å². The fraction of sp³-hybridized carbons (Fsp3) is 0.500. The number of hydrogen-bond donors (Lipinski definition) is 0. The standard InChI is InChI=1S/C24H31N5O4/c1-32-17-24(31)29(19-6-7-19)16-23(30)28-13-3-12-27(14-15-28)22-11-10-21(25-26-22)18-4-8-20(33-2)9-5-18/h4-5,8-11,19H,3,6-7,12-17H2,1-2H3. The smallest absolute Gasteiger partial charge is 0.249 e. The number of ether oxygens (including phenoxy) is 2. The molecule has 1 saturated carbocycles. The Morgan fingerprint density at radius 2 is 1.79 bits per heavy atom. The van der Waals surface area contributed by atoms with Gasteiger partial charge in [-0.25, -0.2) is 0 Å². The highest BCUT2D eigenvalue weighted by atomic mass is 16.5. The van der Waals surface area contributed by atoms with Gasteiger partial charge in [-0.3, -0.25) is 9.59 Å². The highest BCUT2D eigenvalue weighted by Crippen LogP contribution is 2.27. The average Bonchev–Trinajstić information content (AvgIpc) is 3.70. The van der Waals surface area contributed by atoms with E-state index in [0.717, 1.165) is 48.6 Å². The van der Waals surface area contributed by atoms with Crippen molar-refractivity contribution in [1.82, 2.24) is 20.0 Å². The van der Waals surface area contributed by atoms with Gasteiger partial charge in [-0.05, 0) is 55.7 Å². The number of rotatable bonds is 8. The first kappa shape index (κ1) is 23.0. The maximum absolute atomic E-state index is 12.9. The number of hydrogen-bond acceptors (Lipinski definition) is 7. The van der Waals surface area contributed by atoms with Crippen LogP contribution in [0.4, 0.5) is 5.82 Å². The van der Waals surface area contributed by atoms with Crippen LogP contribution in [0.3, 0.4) is 0 Å². The summed E-state index contributed by atoms with van der Waals surface area (Å²) in [5.74, 6) is 1.48. The Bertz CT molecular complexity index is 946. The molecule has 0 spiro atoms.